The Balaban J connectivity index is 0.000000389. The van der Waals surface area contributed by atoms with Gasteiger partial charge in [0.1, 0.15) is 12.2 Å². The Bertz CT molecular complexity index is 511. The zero-order valence-corrected chi connectivity index (χ0v) is 18.8. The van der Waals surface area contributed by atoms with Crippen LogP contribution in [-0.4, -0.2) is 111 Å². The molecule has 11 heteroatoms. The molecule has 0 radical (unpaired) electrons. The molecule has 0 saturated carbocycles. The smallest absolute Gasteiger partial charge is 0.228 e. The lowest BCUT2D eigenvalue weighted by molar-refractivity contribution is -0.239. The molecule has 0 aromatic rings. The van der Waals surface area contributed by atoms with Crippen LogP contribution in [0.15, 0.2) is 0 Å². The van der Waals surface area contributed by atoms with Crippen LogP contribution in [0.2, 0.25) is 0 Å². The van der Waals surface area contributed by atoms with Gasteiger partial charge in [-0.3, -0.25) is 4.79 Å². The van der Waals surface area contributed by atoms with Crippen molar-refractivity contribution in [3.63, 3.8) is 0 Å². The second kappa shape index (κ2) is 15.9. The summed E-state index contributed by atoms with van der Waals surface area (Å²) in [6, 6.07) is 0. The Labute approximate surface area is 189 Å². The summed E-state index contributed by atoms with van der Waals surface area (Å²) in [4.78, 5) is 12.1. The van der Waals surface area contributed by atoms with Gasteiger partial charge in [-0.25, -0.2) is 0 Å². The second-order valence-electron chi connectivity index (χ2n) is 8.35. The van der Waals surface area contributed by atoms with Crippen molar-refractivity contribution in [2.45, 2.75) is 94.8 Å². The van der Waals surface area contributed by atoms with E-state index in [1.54, 1.807) is 0 Å². The monoisotopic (exact) mass is 467 g/mol. The zero-order chi connectivity index (χ0) is 24.1. The Hall–Kier alpha value is -0.890. The molecule has 1 amide bonds. The van der Waals surface area contributed by atoms with Gasteiger partial charge in [0.2, 0.25) is 5.91 Å². The quantitative estimate of drug-likeness (QED) is 0.167. The van der Waals surface area contributed by atoms with Gasteiger partial charge in [-0.2, -0.15) is 0 Å². The molecule has 2 saturated heterocycles. The number of nitrogens with one attached hydrogen (secondary N) is 1. The SMILES string of the molecule is CCCCCCNC(=O)C(CO)C1CC(O)CC(CO)O1.OCC1OC(O)CC(O)C1O. The molecule has 0 bridgehead atoms. The average molecular weight is 468 g/mol. The number of carbonyl (C=O) groups excluding carboxylic acids is 1. The molecule has 2 aliphatic rings. The lowest BCUT2D eigenvalue weighted by atomic mass is 9.91. The summed E-state index contributed by atoms with van der Waals surface area (Å²) in [5, 5.41) is 66.8. The number of hydrogen-bond donors (Lipinski definition) is 8. The fourth-order valence-electron chi connectivity index (χ4n) is 3.75. The van der Waals surface area contributed by atoms with Crippen LogP contribution >= 0.6 is 0 Å². The summed E-state index contributed by atoms with van der Waals surface area (Å²) < 4.78 is 10.3. The molecule has 0 aromatic carbocycles. The van der Waals surface area contributed by atoms with E-state index < -0.39 is 55.4 Å². The van der Waals surface area contributed by atoms with Gasteiger partial charge in [-0.05, 0) is 6.42 Å². The van der Waals surface area contributed by atoms with Crippen molar-refractivity contribution < 1.29 is 50.0 Å². The van der Waals surface area contributed by atoms with Crippen LogP contribution in [0.4, 0.5) is 0 Å². The molecule has 32 heavy (non-hydrogen) atoms. The lowest BCUT2D eigenvalue weighted by Gasteiger charge is -2.35. The van der Waals surface area contributed by atoms with Gasteiger partial charge in [0.05, 0.1) is 50.2 Å². The molecule has 0 spiro atoms. The van der Waals surface area contributed by atoms with Crippen molar-refractivity contribution in [1.82, 2.24) is 5.32 Å². The highest BCUT2D eigenvalue weighted by atomic mass is 16.6. The fraction of sp³-hybridized carbons (Fsp3) is 0.952. The van der Waals surface area contributed by atoms with Crippen molar-refractivity contribution in [3.8, 4) is 0 Å². The highest BCUT2D eigenvalue weighted by Crippen LogP contribution is 2.25. The van der Waals surface area contributed by atoms with Gasteiger partial charge in [0.15, 0.2) is 6.29 Å². The maximum Gasteiger partial charge on any atom is 0.228 e. The van der Waals surface area contributed by atoms with Crippen molar-refractivity contribution in [2.24, 2.45) is 5.92 Å². The highest BCUT2D eigenvalue weighted by Gasteiger charge is 2.37. The molecule has 2 fully saturated rings. The number of aliphatic hydroxyl groups excluding tert-OH is 7. The van der Waals surface area contributed by atoms with Crippen molar-refractivity contribution in [2.75, 3.05) is 26.4 Å². The normalized spacial score (nSPS) is 33.7. The van der Waals surface area contributed by atoms with E-state index in [0.29, 0.717) is 19.4 Å². The number of aliphatic hydroxyl groups is 7. The molecule has 2 heterocycles. The van der Waals surface area contributed by atoms with E-state index in [-0.39, 0.29) is 25.5 Å². The Morgan fingerprint density at radius 1 is 0.969 bits per heavy atom. The molecule has 8 unspecified atom stereocenters. The minimum Gasteiger partial charge on any atom is -0.395 e. The summed E-state index contributed by atoms with van der Waals surface area (Å²) in [7, 11) is 0. The van der Waals surface area contributed by atoms with Crippen molar-refractivity contribution in [1.29, 1.82) is 0 Å². The molecular formula is C21H41NO10. The first kappa shape index (κ1) is 29.1. The first-order valence-corrected chi connectivity index (χ1v) is 11.4. The van der Waals surface area contributed by atoms with Crippen LogP contribution in [0, 0.1) is 5.92 Å². The van der Waals surface area contributed by atoms with Crippen molar-refractivity contribution >= 4 is 5.91 Å². The van der Waals surface area contributed by atoms with Gasteiger partial charge >= 0.3 is 0 Å². The van der Waals surface area contributed by atoms with Gasteiger partial charge in [-0.15, -0.1) is 0 Å². The van der Waals surface area contributed by atoms with E-state index in [1.165, 1.54) is 0 Å². The fourth-order valence-corrected chi connectivity index (χ4v) is 3.75. The summed E-state index contributed by atoms with van der Waals surface area (Å²) in [6.45, 7) is 1.80. The Kier molecular flexibility index (Phi) is 14.4. The summed E-state index contributed by atoms with van der Waals surface area (Å²) in [5.74, 6) is -0.940. The number of rotatable bonds is 10. The minimum atomic E-state index is -1.11. The number of hydrogen-bond acceptors (Lipinski definition) is 10. The number of amides is 1. The Morgan fingerprint density at radius 2 is 1.69 bits per heavy atom. The molecule has 8 N–H and O–H groups in total. The predicted octanol–water partition coefficient (Wildman–Crippen LogP) is -2.00. The zero-order valence-electron chi connectivity index (χ0n) is 18.8. The van der Waals surface area contributed by atoms with Crippen LogP contribution in [0.1, 0.15) is 51.9 Å². The van der Waals surface area contributed by atoms with Crippen LogP contribution in [-0.2, 0) is 14.3 Å². The minimum absolute atomic E-state index is 0.0162. The van der Waals surface area contributed by atoms with Crippen molar-refractivity contribution in [3.05, 3.63) is 0 Å². The molecule has 11 nitrogen and oxygen atoms in total. The van der Waals surface area contributed by atoms with Crippen LogP contribution in [0.3, 0.4) is 0 Å². The summed E-state index contributed by atoms with van der Waals surface area (Å²) >= 11 is 0. The second-order valence-corrected chi connectivity index (χ2v) is 8.35. The first-order chi connectivity index (χ1) is 15.3. The van der Waals surface area contributed by atoms with E-state index in [2.05, 4.69) is 12.2 Å². The van der Waals surface area contributed by atoms with Gasteiger partial charge < -0.3 is 50.5 Å². The summed E-state index contributed by atoms with van der Waals surface area (Å²) in [6.07, 6.45) is -0.773. The first-order valence-electron chi connectivity index (χ1n) is 11.4. The third kappa shape index (κ3) is 9.94. The van der Waals surface area contributed by atoms with E-state index in [9.17, 15) is 15.0 Å². The molecule has 190 valence electrons. The largest absolute Gasteiger partial charge is 0.395 e. The van der Waals surface area contributed by atoms with E-state index in [0.717, 1.165) is 25.7 Å². The van der Waals surface area contributed by atoms with E-state index in [4.69, 9.17) is 35.0 Å². The standard InChI is InChI=1S/C15H29NO5.C6H12O5/c1-2-3-4-5-6-16-15(20)13(10-18)14-8-11(19)7-12(9-17)21-14;7-2-4-6(10)3(8)1-5(9)11-4/h11-14,17-19H,2-10H2,1H3,(H,16,20);3-10H,1-2H2. The maximum absolute atomic E-state index is 12.1. The van der Waals surface area contributed by atoms with E-state index >= 15 is 0 Å². The molecule has 0 aliphatic carbocycles. The topological polar surface area (TPSA) is 189 Å². The highest BCUT2D eigenvalue weighted by molar-refractivity contribution is 5.79. The molecule has 2 rings (SSSR count). The lowest BCUT2D eigenvalue weighted by Crippen LogP contribution is -2.49. The molecule has 2 aliphatic heterocycles. The average Bonchev–Trinajstić information content (AvgIpc) is 2.76. The third-order valence-corrected chi connectivity index (χ3v) is 5.65. The third-order valence-electron chi connectivity index (χ3n) is 5.65. The number of unbranched alkanes of at least 4 members (excludes halogenated alkanes) is 3. The maximum atomic E-state index is 12.1. The van der Waals surface area contributed by atoms with Crippen LogP contribution < -0.4 is 5.32 Å². The van der Waals surface area contributed by atoms with E-state index in [1.807, 2.05) is 0 Å². The van der Waals surface area contributed by atoms with Gasteiger partial charge in [-0.1, -0.05) is 26.2 Å². The Morgan fingerprint density at radius 3 is 2.28 bits per heavy atom. The number of carbonyl (C=O) groups is 1. The molecule has 0 aromatic heterocycles. The molecule has 8 atom stereocenters. The molecular weight excluding hydrogens is 426 g/mol. The van der Waals surface area contributed by atoms with Crippen LogP contribution in [0.5, 0.6) is 0 Å². The van der Waals surface area contributed by atoms with Gasteiger partial charge in [0, 0.05) is 25.8 Å². The number of ether oxygens (including phenoxy) is 2. The predicted molar refractivity (Wildman–Crippen MR) is 113 cm³/mol. The van der Waals surface area contributed by atoms with Crippen LogP contribution in [0.25, 0.3) is 0 Å². The summed E-state index contributed by atoms with van der Waals surface area (Å²) in [5.41, 5.74) is 0. The van der Waals surface area contributed by atoms with Gasteiger partial charge in [0.25, 0.3) is 0 Å².